The maximum Gasteiger partial charge on any atom is 0.514 e. The lowest BCUT2D eigenvalue weighted by molar-refractivity contribution is -0.0658. The van der Waals surface area contributed by atoms with Gasteiger partial charge in [0, 0.05) is 83.2 Å². The highest BCUT2D eigenvalue weighted by atomic mass is 19.1. The third-order valence-electron chi connectivity index (χ3n) is 17.5. The first-order valence-electron chi connectivity index (χ1n) is 30.7. The van der Waals surface area contributed by atoms with Gasteiger partial charge in [-0.2, -0.15) is 0 Å². The third kappa shape index (κ3) is 14.5. The number of hydrogen-bond acceptors (Lipinski definition) is 17. The molecular formula is C64H80F4N8O15. The van der Waals surface area contributed by atoms with E-state index in [1.165, 1.54) is 40.8 Å². The molecule has 4 aromatic rings. The number of unbranched alkanes of at least 4 members (excludes halogenated alkanes) is 2. The van der Waals surface area contributed by atoms with E-state index < -0.39 is 116 Å². The van der Waals surface area contributed by atoms with Crippen molar-refractivity contribution in [3.63, 3.8) is 0 Å². The summed E-state index contributed by atoms with van der Waals surface area (Å²) in [7, 11) is 1.47. The highest BCUT2D eigenvalue weighted by molar-refractivity contribution is 6.01. The Morgan fingerprint density at radius 2 is 1.08 bits per heavy atom. The van der Waals surface area contributed by atoms with E-state index >= 15 is 0 Å². The van der Waals surface area contributed by atoms with Crippen molar-refractivity contribution >= 4 is 47.5 Å². The summed E-state index contributed by atoms with van der Waals surface area (Å²) in [4.78, 5) is 123. The second-order valence-electron chi connectivity index (χ2n) is 24.8. The van der Waals surface area contributed by atoms with E-state index in [9.17, 15) is 55.9 Å². The molecule has 6 aliphatic heterocycles. The Balaban J connectivity index is 0.000000258. The molecule has 2 spiro atoms. The molecule has 0 radical (unpaired) electrons. The molecule has 4 amide bonds. The molecule has 8 heterocycles. The number of halogens is 4. The number of rotatable bonds is 18. The second-order valence-corrected chi connectivity index (χ2v) is 24.8. The zero-order chi connectivity index (χ0) is 65.6. The molecule has 0 saturated carbocycles. The van der Waals surface area contributed by atoms with Gasteiger partial charge in [-0.1, -0.05) is 63.0 Å². The predicted molar refractivity (Wildman–Crippen MR) is 324 cm³/mol. The van der Waals surface area contributed by atoms with Crippen molar-refractivity contribution in [2.75, 3.05) is 33.4 Å². The number of benzene rings is 2. The van der Waals surface area contributed by atoms with Gasteiger partial charge in [0.25, 0.3) is 23.6 Å². The van der Waals surface area contributed by atoms with Crippen molar-refractivity contribution in [2.45, 2.75) is 174 Å². The number of oxime groups is 2. The van der Waals surface area contributed by atoms with Crippen LogP contribution in [-0.2, 0) is 37.0 Å². The zero-order valence-corrected chi connectivity index (χ0v) is 52.1. The smallest absolute Gasteiger partial charge is 0.482 e. The van der Waals surface area contributed by atoms with Crippen LogP contribution in [0.1, 0.15) is 193 Å². The lowest BCUT2D eigenvalue weighted by Crippen LogP contribution is -2.52. The molecule has 10 rings (SSSR count). The largest absolute Gasteiger partial charge is 0.514 e. The minimum absolute atomic E-state index is 0. The Bertz CT molecular complexity index is 3680. The van der Waals surface area contributed by atoms with Crippen molar-refractivity contribution < 1.29 is 82.5 Å². The lowest BCUT2D eigenvalue weighted by atomic mass is 9.84. The molecule has 0 aliphatic carbocycles. The van der Waals surface area contributed by atoms with Crippen molar-refractivity contribution in [3.05, 3.63) is 126 Å². The van der Waals surface area contributed by atoms with Gasteiger partial charge in [0.05, 0.1) is 44.5 Å². The van der Waals surface area contributed by atoms with Crippen LogP contribution in [0.3, 0.4) is 0 Å². The Morgan fingerprint density at radius 3 is 1.46 bits per heavy atom. The van der Waals surface area contributed by atoms with Crippen LogP contribution in [0.15, 0.2) is 68.7 Å². The number of ether oxygens (including phenoxy) is 5. The summed E-state index contributed by atoms with van der Waals surface area (Å²) in [5, 5.41) is 13.2. The van der Waals surface area contributed by atoms with Crippen LogP contribution in [0.4, 0.5) is 27.2 Å². The summed E-state index contributed by atoms with van der Waals surface area (Å²) in [6, 6.07) is 4.07. The number of carbonyl (C=O) groups excluding carboxylic acids is 6. The van der Waals surface area contributed by atoms with Gasteiger partial charge >= 0.3 is 12.3 Å². The number of hydrogen-bond donors (Lipinski definition) is 2. The molecule has 23 nitrogen and oxygen atoms in total. The Labute approximate surface area is 525 Å². The van der Waals surface area contributed by atoms with Crippen LogP contribution in [-0.4, -0.2) is 123 Å². The van der Waals surface area contributed by atoms with Crippen LogP contribution < -0.4 is 31.0 Å². The molecule has 27 heteroatoms. The SMILES string of the molecule is CC1=NO[C@@]2(CC[C@H](C)N3C[C@H]2n2cc(C(=O)NCc4ccc(F)cc4F)c(=O)c(OC(=O)OCCCCC(C)C)c2C3=O)C1.COC1=NO[C@@]2(CC[C@H](C)N3C[C@H]2n2cc(C(=O)NCc4ccc(F)cc4F)c(=O)c(OC(=O)OCCCCC(C)C)c2C3=O)C1.[HH].[HH]. The first-order chi connectivity index (χ1) is 43.3. The molecule has 2 aromatic heterocycles. The van der Waals surface area contributed by atoms with Crippen molar-refractivity contribution in [1.29, 1.82) is 0 Å². The van der Waals surface area contributed by atoms with Crippen molar-refractivity contribution in [3.8, 4) is 11.5 Å². The van der Waals surface area contributed by atoms with E-state index in [0.29, 0.717) is 74.8 Å². The van der Waals surface area contributed by atoms with Gasteiger partial charge in [-0.15, -0.1) is 0 Å². The van der Waals surface area contributed by atoms with E-state index in [-0.39, 0.29) is 83.3 Å². The maximum absolute atomic E-state index is 14.3. The topological polar surface area (TPSA) is 266 Å². The lowest BCUT2D eigenvalue weighted by Gasteiger charge is -2.42. The number of amides is 4. The number of nitrogens with one attached hydrogen (secondary N) is 2. The number of pyridine rings is 2. The number of carbonyl (C=O) groups is 6. The molecule has 4 bridgehead atoms. The van der Waals surface area contributed by atoms with Gasteiger partial charge in [-0.25, -0.2) is 27.2 Å². The number of nitrogens with zero attached hydrogens (tertiary/aromatic N) is 6. The van der Waals surface area contributed by atoms with Gasteiger partial charge in [-0.05, 0) is 96.1 Å². The van der Waals surface area contributed by atoms with Crippen molar-refractivity contribution in [2.24, 2.45) is 22.1 Å². The summed E-state index contributed by atoms with van der Waals surface area (Å²) >= 11 is 0. The molecule has 494 valence electrons. The zero-order valence-electron chi connectivity index (χ0n) is 52.1. The minimum Gasteiger partial charge on any atom is -0.482 e. The molecule has 0 unspecified atom stereocenters. The van der Waals surface area contributed by atoms with Crippen LogP contribution in [0, 0.1) is 35.1 Å². The third-order valence-corrected chi connectivity index (χ3v) is 17.5. The van der Waals surface area contributed by atoms with Gasteiger partial charge in [0.2, 0.25) is 28.3 Å². The molecule has 2 N–H and O–H groups in total. The quantitative estimate of drug-likeness (QED) is 0.0533. The number of aromatic nitrogens is 2. The minimum atomic E-state index is -1.20. The van der Waals surface area contributed by atoms with Crippen LogP contribution >= 0.6 is 0 Å². The molecule has 6 atom stereocenters. The van der Waals surface area contributed by atoms with E-state index in [1.54, 1.807) is 9.80 Å². The van der Waals surface area contributed by atoms with E-state index in [1.807, 2.05) is 20.8 Å². The Hall–Kier alpha value is -8.78. The fraction of sp³-hybridized carbons (Fsp3) is 0.531. The highest BCUT2D eigenvalue weighted by Crippen LogP contribution is 2.48. The average molecular weight is 1280 g/mol. The molecule has 2 aromatic carbocycles. The summed E-state index contributed by atoms with van der Waals surface area (Å²) in [5.41, 5.74) is -4.53. The maximum atomic E-state index is 14.3. The number of fused-ring (bicyclic) bond motifs is 10. The first-order valence-corrected chi connectivity index (χ1v) is 30.7. The normalized spacial score (nSPS) is 21.9. The highest BCUT2D eigenvalue weighted by Gasteiger charge is 2.56. The van der Waals surface area contributed by atoms with Crippen LogP contribution in [0.5, 0.6) is 11.5 Å². The summed E-state index contributed by atoms with van der Waals surface area (Å²) in [6.45, 7) is 13.7. The fourth-order valence-corrected chi connectivity index (χ4v) is 12.4. The second kappa shape index (κ2) is 28.2. The molecule has 91 heavy (non-hydrogen) atoms. The van der Waals surface area contributed by atoms with Crippen LogP contribution in [0.2, 0.25) is 0 Å². The average Bonchev–Trinajstić information content (AvgIpc) is 1.72. The summed E-state index contributed by atoms with van der Waals surface area (Å²) in [6.07, 6.45) is 7.63. The van der Waals surface area contributed by atoms with E-state index in [4.69, 9.17) is 33.4 Å². The summed E-state index contributed by atoms with van der Waals surface area (Å²) in [5.74, 6) is -6.23. The van der Waals surface area contributed by atoms with Crippen LogP contribution in [0.25, 0.3) is 0 Å². The summed E-state index contributed by atoms with van der Waals surface area (Å²) < 4.78 is 85.0. The molecule has 2 fully saturated rings. The Kier molecular flexibility index (Phi) is 20.6. The molecule has 2 saturated heterocycles. The van der Waals surface area contributed by atoms with Crippen molar-refractivity contribution in [1.82, 2.24) is 29.6 Å². The molecular weight excluding hydrogens is 1200 g/mol. The fourth-order valence-electron chi connectivity index (χ4n) is 12.4. The molecule has 6 aliphatic rings. The van der Waals surface area contributed by atoms with Gasteiger partial charge in [0.15, 0.2) is 22.6 Å². The van der Waals surface area contributed by atoms with Gasteiger partial charge in [0.1, 0.15) is 34.4 Å². The number of methoxy groups -OCH3 is 1. The predicted octanol–water partition coefficient (Wildman–Crippen LogP) is 10.3. The Morgan fingerprint density at radius 1 is 0.648 bits per heavy atom. The van der Waals surface area contributed by atoms with Gasteiger partial charge in [-0.3, -0.25) is 28.8 Å². The van der Waals surface area contributed by atoms with E-state index in [2.05, 4.69) is 48.6 Å². The van der Waals surface area contributed by atoms with E-state index in [0.717, 1.165) is 43.5 Å². The first kappa shape index (κ1) is 66.6. The van der Waals surface area contributed by atoms with Gasteiger partial charge < -0.3 is 62.9 Å². The monoisotopic (exact) mass is 1280 g/mol. The standard InChI is InChI=1S/C32H38F2N4O8.C32H38F2N4O7.2H2/c1-18(2)7-5-6-12-44-31(42)45-28-26-30(41)37-17-24(32(11-10-19(37)3)14-25(43-4)36-46-32)38(26)16-22(27(28)39)29(40)35-15-20-8-9-21(33)13-23(20)34;1-18(2)7-5-6-12-43-31(42)44-28-26-30(41)37-17-25(32(11-10-20(37)4)14-19(3)36-45-32)38(26)16-23(27(28)39)29(40)35-15-21-8-9-22(33)13-24(21)34;;/h8-9,13,16,18-19,24H,5-7,10-12,14-15,17H2,1-4H3,(H,35,40);8-9,13,16,18,20,25H,5-7,10-12,14-15,17H2,1-4H3,(H,35,40);2*1H/t19-,24+,32-;20-,25+,32-;;/m00../s1.